The fourth-order valence-corrected chi connectivity index (χ4v) is 0.629. The van der Waals surface area contributed by atoms with Crippen LogP contribution in [0.15, 0.2) is 35.2 Å². The zero-order valence-corrected chi connectivity index (χ0v) is 6.87. The molecular formula is C8H10ClF. The molecule has 0 aliphatic heterocycles. The van der Waals surface area contributed by atoms with E-state index in [-0.39, 0.29) is 0 Å². The highest BCUT2D eigenvalue weighted by atomic mass is 35.5. The first-order valence-corrected chi connectivity index (χ1v) is 3.31. The van der Waals surface area contributed by atoms with E-state index in [2.05, 4.69) is 6.58 Å². The average Bonchev–Trinajstić information content (AvgIpc) is 1.87. The predicted octanol–water partition coefficient (Wildman–Crippen LogP) is 3.56. The van der Waals surface area contributed by atoms with Crippen LogP contribution in [-0.4, -0.2) is 0 Å². The fourth-order valence-electron chi connectivity index (χ4n) is 0.401. The molecule has 0 atom stereocenters. The van der Waals surface area contributed by atoms with Crippen molar-refractivity contribution in [2.45, 2.75) is 13.8 Å². The fraction of sp³-hybridized carbons (Fsp3) is 0.250. The van der Waals surface area contributed by atoms with Gasteiger partial charge in [0.2, 0.25) is 0 Å². The van der Waals surface area contributed by atoms with Gasteiger partial charge in [-0.3, -0.25) is 0 Å². The third kappa shape index (κ3) is 2.83. The summed E-state index contributed by atoms with van der Waals surface area (Å²) in [6.45, 7) is 6.52. The van der Waals surface area contributed by atoms with Crippen LogP contribution in [0.25, 0.3) is 0 Å². The van der Waals surface area contributed by atoms with Crippen molar-refractivity contribution in [2.24, 2.45) is 0 Å². The molecule has 0 aromatic rings. The number of allylic oxidation sites excluding steroid dienone is 5. The first-order chi connectivity index (χ1) is 4.59. The van der Waals surface area contributed by atoms with Crippen molar-refractivity contribution < 1.29 is 4.39 Å². The Morgan fingerprint density at radius 1 is 1.60 bits per heavy atom. The minimum atomic E-state index is -0.483. The van der Waals surface area contributed by atoms with Gasteiger partial charge in [0.15, 0.2) is 0 Å². The van der Waals surface area contributed by atoms with Crippen LogP contribution in [0.2, 0.25) is 0 Å². The lowest BCUT2D eigenvalue weighted by molar-refractivity contribution is 0.655. The Morgan fingerprint density at radius 3 is 2.40 bits per heavy atom. The van der Waals surface area contributed by atoms with Gasteiger partial charge in [0.1, 0.15) is 5.83 Å². The van der Waals surface area contributed by atoms with Gasteiger partial charge in [0, 0.05) is 10.6 Å². The molecule has 0 aliphatic rings. The zero-order valence-electron chi connectivity index (χ0n) is 6.12. The van der Waals surface area contributed by atoms with E-state index in [1.54, 1.807) is 19.1 Å². The van der Waals surface area contributed by atoms with Gasteiger partial charge in [-0.05, 0) is 19.9 Å². The van der Waals surface area contributed by atoms with Crippen molar-refractivity contribution in [3.05, 3.63) is 35.2 Å². The maximum absolute atomic E-state index is 12.3. The molecule has 0 fully saturated rings. The van der Waals surface area contributed by atoms with Crippen LogP contribution in [0.1, 0.15) is 13.8 Å². The van der Waals surface area contributed by atoms with Crippen molar-refractivity contribution in [3.8, 4) is 0 Å². The molecule has 0 bridgehead atoms. The first kappa shape index (κ1) is 9.44. The second-order valence-electron chi connectivity index (χ2n) is 1.88. The molecule has 0 heterocycles. The van der Waals surface area contributed by atoms with Gasteiger partial charge in [-0.2, -0.15) is 0 Å². The Bertz CT molecular complexity index is 189. The molecule has 0 unspecified atom stereocenters. The van der Waals surface area contributed by atoms with Crippen LogP contribution in [0, 0.1) is 0 Å². The Balaban J connectivity index is 4.50. The Labute approximate surface area is 65.7 Å². The second-order valence-corrected chi connectivity index (χ2v) is 2.29. The lowest BCUT2D eigenvalue weighted by Crippen LogP contribution is -1.77. The second kappa shape index (κ2) is 4.29. The summed E-state index contributed by atoms with van der Waals surface area (Å²) < 4.78 is 12.3. The highest BCUT2D eigenvalue weighted by Gasteiger charge is 1.97. The largest absolute Gasteiger partial charge is 0.207 e. The standard InChI is InChI=1S/C8H10ClF/c1-4-5-8(9)6(2)7(3)10/h4-5H,3H2,1-2H3. The third-order valence-electron chi connectivity index (χ3n) is 1.08. The molecule has 0 aliphatic carbocycles. The molecule has 0 aromatic carbocycles. The van der Waals surface area contributed by atoms with Crippen molar-refractivity contribution in [1.29, 1.82) is 0 Å². The summed E-state index contributed by atoms with van der Waals surface area (Å²) in [6, 6.07) is 0. The van der Waals surface area contributed by atoms with E-state index in [1.165, 1.54) is 0 Å². The van der Waals surface area contributed by atoms with Gasteiger partial charge in [0.25, 0.3) is 0 Å². The van der Waals surface area contributed by atoms with Gasteiger partial charge in [-0.1, -0.05) is 24.3 Å². The van der Waals surface area contributed by atoms with Crippen molar-refractivity contribution >= 4 is 11.6 Å². The molecule has 2 heteroatoms. The molecule has 10 heavy (non-hydrogen) atoms. The van der Waals surface area contributed by atoms with Gasteiger partial charge in [0.05, 0.1) is 0 Å². The summed E-state index contributed by atoms with van der Waals surface area (Å²) >= 11 is 5.62. The van der Waals surface area contributed by atoms with Gasteiger partial charge < -0.3 is 0 Å². The first-order valence-electron chi connectivity index (χ1n) is 2.93. The predicted molar refractivity (Wildman–Crippen MR) is 43.6 cm³/mol. The normalized spacial score (nSPS) is 13.6. The molecular weight excluding hydrogens is 151 g/mol. The van der Waals surface area contributed by atoms with E-state index in [0.29, 0.717) is 10.6 Å². The molecule has 0 saturated heterocycles. The molecule has 0 rings (SSSR count). The van der Waals surface area contributed by atoms with Crippen molar-refractivity contribution in [3.63, 3.8) is 0 Å². The minimum absolute atomic E-state index is 0.389. The lowest BCUT2D eigenvalue weighted by Gasteiger charge is -1.95. The summed E-state index contributed by atoms with van der Waals surface area (Å²) in [4.78, 5) is 0. The molecule has 0 nitrogen and oxygen atoms in total. The van der Waals surface area contributed by atoms with E-state index in [4.69, 9.17) is 11.6 Å². The van der Waals surface area contributed by atoms with Crippen LogP contribution < -0.4 is 0 Å². The summed E-state index contributed by atoms with van der Waals surface area (Å²) in [5.41, 5.74) is 0.389. The van der Waals surface area contributed by atoms with Gasteiger partial charge in [-0.25, -0.2) is 4.39 Å². The lowest BCUT2D eigenvalue weighted by atomic mass is 10.2. The zero-order chi connectivity index (χ0) is 8.15. The van der Waals surface area contributed by atoms with Crippen LogP contribution in [0.4, 0.5) is 4.39 Å². The minimum Gasteiger partial charge on any atom is -0.207 e. The quantitative estimate of drug-likeness (QED) is 0.542. The molecule has 0 radical (unpaired) electrons. The summed E-state index contributed by atoms with van der Waals surface area (Å²) in [5.74, 6) is -0.483. The number of rotatable bonds is 2. The Hall–Kier alpha value is -0.560. The van der Waals surface area contributed by atoms with Crippen molar-refractivity contribution in [1.82, 2.24) is 0 Å². The molecule has 0 saturated carbocycles. The average molecular weight is 161 g/mol. The van der Waals surface area contributed by atoms with Gasteiger partial charge >= 0.3 is 0 Å². The summed E-state index contributed by atoms with van der Waals surface area (Å²) in [5, 5.41) is 0.398. The highest BCUT2D eigenvalue weighted by molar-refractivity contribution is 6.31. The smallest absolute Gasteiger partial charge is 0.120 e. The summed E-state index contributed by atoms with van der Waals surface area (Å²) in [7, 11) is 0. The van der Waals surface area contributed by atoms with E-state index in [9.17, 15) is 4.39 Å². The van der Waals surface area contributed by atoms with Crippen molar-refractivity contribution in [2.75, 3.05) is 0 Å². The maximum Gasteiger partial charge on any atom is 0.120 e. The molecule has 0 spiro atoms. The summed E-state index contributed by atoms with van der Waals surface area (Å²) in [6.07, 6.45) is 3.37. The maximum atomic E-state index is 12.3. The molecule has 0 aromatic heterocycles. The molecule has 56 valence electrons. The number of hydrogen-bond acceptors (Lipinski definition) is 0. The van der Waals surface area contributed by atoms with E-state index in [0.717, 1.165) is 0 Å². The molecule has 0 amide bonds. The van der Waals surface area contributed by atoms with E-state index < -0.39 is 5.83 Å². The van der Waals surface area contributed by atoms with Gasteiger partial charge in [-0.15, -0.1) is 0 Å². The molecule has 0 N–H and O–H groups in total. The number of hydrogen-bond donors (Lipinski definition) is 0. The third-order valence-corrected chi connectivity index (χ3v) is 1.49. The van der Waals surface area contributed by atoms with Crippen LogP contribution in [0.3, 0.4) is 0 Å². The van der Waals surface area contributed by atoms with E-state index >= 15 is 0 Å². The number of halogens is 2. The SMILES string of the molecule is C=C(F)C(C)=C(Cl)C=CC. The van der Waals surface area contributed by atoms with Crippen LogP contribution in [0.5, 0.6) is 0 Å². The monoisotopic (exact) mass is 160 g/mol. The van der Waals surface area contributed by atoms with Crippen LogP contribution >= 0.6 is 11.6 Å². The highest BCUT2D eigenvalue weighted by Crippen LogP contribution is 2.17. The Morgan fingerprint density at radius 2 is 2.10 bits per heavy atom. The Kier molecular flexibility index (Phi) is 4.05. The topological polar surface area (TPSA) is 0 Å². The van der Waals surface area contributed by atoms with Crippen LogP contribution in [-0.2, 0) is 0 Å². The van der Waals surface area contributed by atoms with E-state index in [1.807, 2.05) is 6.92 Å².